The highest BCUT2D eigenvalue weighted by Crippen LogP contribution is 2.42. The van der Waals surface area contributed by atoms with Gasteiger partial charge in [0.15, 0.2) is 0 Å². The molecule has 2 nitrogen and oxygen atoms in total. The standard InChI is InChI=1S/C70H50N2/c1-7-23-51(24-8-1)67(53-39-43-61(44-40-53)71(57-27-11-3-12-28-57)58-29-13-4-14-30-58)47-55-49-69-66-38-22-20-36-64(66)56(50-70(69)65-37-21-19-35-63(55)65)48-68(52-25-9-2-10-26-52)54-41-45-62(46-42-54)72(59-31-15-5-16-32-59)60-33-17-6-18-34-60/h1-50H/b67-47+,68-48+. The number of hydrogen-bond donors (Lipinski definition) is 0. The number of hydrogen-bond acceptors (Lipinski definition) is 2. The van der Waals surface area contributed by atoms with Crippen LogP contribution < -0.4 is 9.80 Å². The molecule has 340 valence electrons. The Labute approximate surface area is 422 Å². The van der Waals surface area contributed by atoms with E-state index >= 15 is 0 Å². The van der Waals surface area contributed by atoms with Gasteiger partial charge >= 0.3 is 0 Å². The Morgan fingerprint density at radius 3 is 0.750 bits per heavy atom. The zero-order valence-electron chi connectivity index (χ0n) is 39.8. The van der Waals surface area contributed by atoms with Gasteiger partial charge in [-0.3, -0.25) is 0 Å². The molecular weight excluding hydrogens is 869 g/mol. The Kier molecular flexibility index (Phi) is 12.1. The topological polar surface area (TPSA) is 6.48 Å². The maximum atomic E-state index is 2.42. The van der Waals surface area contributed by atoms with Crippen molar-refractivity contribution in [3.8, 4) is 0 Å². The van der Waals surface area contributed by atoms with Crippen LogP contribution in [0.1, 0.15) is 33.4 Å². The lowest BCUT2D eigenvalue weighted by Crippen LogP contribution is -2.09. The molecular formula is C70H50N2. The molecule has 0 aromatic heterocycles. The molecule has 12 rings (SSSR count). The van der Waals surface area contributed by atoms with E-state index in [4.69, 9.17) is 0 Å². The number of fused-ring (bicyclic) bond motifs is 5. The smallest absolute Gasteiger partial charge is 0.0462 e. The summed E-state index contributed by atoms with van der Waals surface area (Å²) in [5, 5.41) is 7.31. The van der Waals surface area contributed by atoms with E-state index in [0.29, 0.717) is 0 Å². The summed E-state index contributed by atoms with van der Waals surface area (Å²) in [7, 11) is 0. The molecule has 0 heterocycles. The third-order valence-electron chi connectivity index (χ3n) is 13.6. The quantitative estimate of drug-likeness (QED) is 0.0890. The molecule has 0 aliphatic heterocycles. The van der Waals surface area contributed by atoms with Crippen molar-refractivity contribution in [2.75, 3.05) is 9.80 Å². The van der Waals surface area contributed by atoms with Crippen LogP contribution in [0.2, 0.25) is 0 Å². The van der Waals surface area contributed by atoms with Crippen LogP contribution in [0, 0.1) is 0 Å². The molecule has 0 fully saturated rings. The summed E-state index contributed by atoms with van der Waals surface area (Å²) in [5.74, 6) is 0. The zero-order chi connectivity index (χ0) is 48.1. The van der Waals surface area contributed by atoms with Crippen molar-refractivity contribution < 1.29 is 0 Å². The second kappa shape index (κ2) is 19.8. The van der Waals surface area contributed by atoms with Gasteiger partial charge in [0.25, 0.3) is 0 Å². The fourth-order valence-electron chi connectivity index (χ4n) is 10.2. The third kappa shape index (κ3) is 8.75. The van der Waals surface area contributed by atoms with E-state index in [2.05, 4.69) is 313 Å². The molecule has 0 spiro atoms. The first-order valence-corrected chi connectivity index (χ1v) is 24.7. The van der Waals surface area contributed by atoms with Crippen molar-refractivity contribution in [3.63, 3.8) is 0 Å². The van der Waals surface area contributed by atoms with Crippen molar-refractivity contribution in [3.05, 3.63) is 325 Å². The number of rotatable bonds is 12. The van der Waals surface area contributed by atoms with Gasteiger partial charge in [-0.15, -0.1) is 0 Å². The molecule has 0 aliphatic carbocycles. The molecule has 2 heteroatoms. The number of para-hydroxylation sites is 4. The first-order chi connectivity index (χ1) is 35.7. The normalized spacial score (nSPS) is 11.8. The van der Waals surface area contributed by atoms with Crippen molar-refractivity contribution in [1.82, 2.24) is 0 Å². The second-order valence-electron chi connectivity index (χ2n) is 18.1. The molecule has 0 saturated heterocycles. The van der Waals surface area contributed by atoms with Crippen LogP contribution in [0.5, 0.6) is 0 Å². The fraction of sp³-hybridized carbons (Fsp3) is 0. The van der Waals surface area contributed by atoms with E-state index in [9.17, 15) is 0 Å². The fourth-order valence-corrected chi connectivity index (χ4v) is 10.2. The molecule has 0 radical (unpaired) electrons. The molecule has 0 N–H and O–H groups in total. The van der Waals surface area contributed by atoms with Gasteiger partial charge in [-0.2, -0.15) is 0 Å². The lowest BCUT2D eigenvalue weighted by atomic mass is 9.88. The van der Waals surface area contributed by atoms with Gasteiger partial charge < -0.3 is 9.80 Å². The van der Waals surface area contributed by atoms with Crippen LogP contribution in [-0.2, 0) is 0 Å². The summed E-state index contributed by atoms with van der Waals surface area (Å²) >= 11 is 0. The summed E-state index contributed by atoms with van der Waals surface area (Å²) in [6.07, 6.45) is 4.80. The Balaban J connectivity index is 0.993. The van der Waals surface area contributed by atoms with Crippen molar-refractivity contribution >= 4 is 89.7 Å². The first-order valence-electron chi connectivity index (χ1n) is 24.7. The van der Waals surface area contributed by atoms with Gasteiger partial charge in [0.1, 0.15) is 0 Å². The molecule has 72 heavy (non-hydrogen) atoms. The average Bonchev–Trinajstić information content (AvgIpc) is 3.46. The van der Waals surface area contributed by atoms with Gasteiger partial charge in [-0.1, -0.05) is 206 Å². The molecule has 0 aliphatic rings. The summed E-state index contributed by atoms with van der Waals surface area (Å²) < 4.78 is 0. The van der Waals surface area contributed by atoms with Gasteiger partial charge in [0.05, 0.1) is 0 Å². The van der Waals surface area contributed by atoms with Gasteiger partial charge in [-0.05, 0) is 174 Å². The summed E-state index contributed by atoms with van der Waals surface area (Å²) in [6.45, 7) is 0. The van der Waals surface area contributed by atoms with E-state index in [1.54, 1.807) is 0 Å². The van der Waals surface area contributed by atoms with Crippen molar-refractivity contribution in [1.29, 1.82) is 0 Å². The van der Waals surface area contributed by atoms with Crippen LogP contribution in [-0.4, -0.2) is 0 Å². The first kappa shape index (κ1) is 43.8. The molecule has 12 aromatic carbocycles. The highest BCUT2D eigenvalue weighted by atomic mass is 15.1. The highest BCUT2D eigenvalue weighted by molar-refractivity contribution is 6.22. The largest absolute Gasteiger partial charge is 0.311 e. The number of benzene rings is 12. The maximum absolute atomic E-state index is 2.42. The minimum Gasteiger partial charge on any atom is -0.311 e. The van der Waals surface area contributed by atoms with Crippen LogP contribution in [0.15, 0.2) is 291 Å². The minimum absolute atomic E-state index is 1.10. The second-order valence-corrected chi connectivity index (χ2v) is 18.1. The zero-order valence-corrected chi connectivity index (χ0v) is 39.8. The van der Waals surface area contributed by atoms with Gasteiger partial charge in [0, 0.05) is 34.1 Å². The van der Waals surface area contributed by atoms with Gasteiger partial charge in [0.2, 0.25) is 0 Å². The average molecular weight is 919 g/mol. The highest BCUT2D eigenvalue weighted by Gasteiger charge is 2.18. The monoisotopic (exact) mass is 918 g/mol. The van der Waals surface area contributed by atoms with E-state index in [1.165, 1.54) is 43.4 Å². The Bertz CT molecular complexity index is 3510. The van der Waals surface area contributed by atoms with Gasteiger partial charge in [-0.25, -0.2) is 0 Å². The van der Waals surface area contributed by atoms with Crippen LogP contribution in [0.3, 0.4) is 0 Å². The van der Waals surface area contributed by atoms with Crippen LogP contribution >= 0.6 is 0 Å². The van der Waals surface area contributed by atoms with E-state index in [1.807, 2.05) is 0 Å². The predicted molar refractivity (Wildman–Crippen MR) is 308 cm³/mol. The van der Waals surface area contributed by atoms with E-state index < -0.39 is 0 Å². The lowest BCUT2D eigenvalue weighted by molar-refractivity contribution is 1.28. The lowest BCUT2D eigenvalue weighted by Gasteiger charge is -2.25. The molecule has 0 amide bonds. The minimum atomic E-state index is 1.10. The Morgan fingerprint density at radius 2 is 0.444 bits per heavy atom. The number of anilines is 6. The molecule has 0 saturated carbocycles. The third-order valence-corrected chi connectivity index (χ3v) is 13.6. The predicted octanol–water partition coefficient (Wildman–Crippen LogP) is 19.3. The maximum Gasteiger partial charge on any atom is 0.0462 e. The summed E-state index contributed by atoms with van der Waals surface area (Å²) in [6, 6.07) is 105. The van der Waals surface area contributed by atoms with Crippen LogP contribution in [0.25, 0.3) is 55.6 Å². The molecule has 12 aromatic rings. The van der Waals surface area contributed by atoms with E-state index in [0.717, 1.165) is 67.5 Å². The van der Waals surface area contributed by atoms with Crippen LogP contribution in [0.4, 0.5) is 34.1 Å². The Hall–Kier alpha value is -9.50. The molecule has 0 atom stereocenters. The van der Waals surface area contributed by atoms with Crippen molar-refractivity contribution in [2.45, 2.75) is 0 Å². The summed E-state index contributed by atoms with van der Waals surface area (Å²) in [5.41, 5.74) is 16.0. The van der Waals surface area contributed by atoms with E-state index in [-0.39, 0.29) is 0 Å². The molecule has 0 unspecified atom stereocenters. The molecule has 0 bridgehead atoms. The SMILES string of the molecule is C(=C(/c1ccccc1)c1ccc(N(c2ccccc2)c2ccccc2)cc1)/c1cc2c3ccccc3c(/C=C(\c3ccccc3)c3ccc(N(c4ccccc4)c4ccccc4)cc3)cc2c2ccccc12. The van der Waals surface area contributed by atoms with Crippen molar-refractivity contribution in [2.24, 2.45) is 0 Å². The number of nitrogens with zero attached hydrogens (tertiary/aromatic N) is 2. The summed E-state index contributed by atoms with van der Waals surface area (Å²) in [4.78, 5) is 4.62. The Morgan fingerprint density at radius 1 is 0.208 bits per heavy atom.